The summed E-state index contributed by atoms with van der Waals surface area (Å²) in [6.45, 7) is 2.18. The lowest BCUT2D eigenvalue weighted by molar-refractivity contribution is -0.120. The zero-order chi connectivity index (χ0) is 20.6. The van der Waals surface area contributed by atoms with Crippen LogP contribution in [-0.4, -0.2) is 19.6 Å². The van der Waals surface area contributed by atoms with E-state index in [0.717, 1.165) is 22.4 Å². The molecule has 1 amide bonds. The smallest absolute Gasteiger partial charge is 0.234 e. The van der Waals surface area contributed by atoms with Crippen LogP contribution in [0.4, 0.5) is 0 Å². The second-order valence-corrected chi connectivity index (χ2v) is 7.22. The van der Waals surface area contributed by atoms with Crippen molar-refractivity contribution in [3.63, 3.8) is 0 Å². The molecule has 0 aliphatic heterocycles. The molecule has 0 radical (unpaired) electrons. The molecule has 3 aromatic rings. The number of halogens is 1. The highest BCUT2D eigenvalue weighted by Crippen LogP contribution is 2.24. The molecule has 2 atom stereocenters. The normalized spacial score (nSPS) is 12.8. The van der Waals surface area contributed by atoms with E-state index in [4.69, 9.17) is 16.3 Å². The van der Waals surface area contributed by atoms with E-state index in [-0.39, 0.29) is 24.5 Å². The van der Waals surface area contributed by atoms with Crippen molar-refractivity contribution in [2.75, 3.05) is 13.7 Å². The molecule has 29 heavy (non-hydrogen) atoms. The Morgan fingerprint density at radius 1 is 0.931 bits per heavy atom. The molecule has 0 aliphatic rings. The van der Waals surface area contributed by atoms with Crippen LogP contribution in [0.2, 0.25) is 5.02 Å². The summed E-state index contributed by atoms with van der Waals surface area (Å²) in [6.07, 6.45) is 0. The SMILES string of the molecule is COc1ccc([C@H](NC(=O)CN[C@@H](C)c2ccccc2Cl)c2ccccc2)cc1. The van der Waals surface area contributed by atoms with Crippen molar-refractivity contribution in [1.82, 2.24) is 10.6 Å². The number of hydrogen-bond acceptors (Lipinski definition) is 3. The molecule has 0 fully saturated rings. The summed E-state index contributed by atoms with van der Waals surface area (Å²) < 4.78 is 5.24. The van der Waals surface area contributed by atoms with Crippen molar-refractivity contribution in [1.29, 1.82) is 0 Å². The molecule has 0 heterocycles. The van der Waals surface area contributed by atoms with Gasteiger partial charge < -0.3 is 15.4 Å². The van der Waals surface area contributed by atoms with Crippen LogP contribution in [0.1, 0.15) is 35.7 Å². The van der Waals surface area contributed by atoms with Gasteiger partial charge in [-0.2, -0.15) is 0 Å². The Hall–Kier alpha value is -2.82. The number of nitrogens with one attached hydrogen (secondary N) is 2. The third-order valence-corrected chi connectivity index (χ3v) is 5.17. The molecule has 4 nitrogen and oxygen atoms in total. The predicted octanol–water partition coefficient (Wildman–Crippen LogP) is 4.91. The Balaban J connectivity index is 1.70. The van der Waals surface area contributed by atoms with Gasteiger partial charge in [0.1, 0.15) is 5.75 Å². The van der Waals surface area contributed by atoms with E-state index in [1.54, 1.807) is 7.11 Å². The van der Waals surface area contributed by atoms with Gasteiger partial charge >= 0.3 is 0 Å². The molecule has 3 aromatic carbocycles. The minimum atomic E-state index is -0.243. The molecule has 0 aromatic heterocycles. The Labute approximate surface area is 176 Å². The van der Waals surface area contributed by atoms with Crippen molar-refractivity contribution in [3.05, 3.63) is 101 Å². The lowest BCUT2D eigenvalue weighted by Gasteiger charge is -2.21. The van der Waals surface area contributed by atoms with Crippen LogP contribution in [0.3, 0.4) is 0 Å². The second-order valence-electron chi connectivity index (χ2n) is 6.81. The van der Waals surface area contributed by atoms with Gasteiger partial charge in [-0.25, -0.2) is 0 Å². The maximum atomic E-state index is 12.7. The summed E-state index contributed by atoms with van der Waals surface area (Å²) >= 11 is 6.25. The second kappa shape index (κ2) is 10.1. The number of benzene rings is 3. The van der Waals surface area contributed by atoms with Gasteiger partial charge in [-0.1, -0.05) is 72.3 Å². The summed E-state index contributed by atoms with van der Waals surface area (Å²) in [4.78, 5) is 12.7. The molecule has 0 aliphatic carbocycles. The standard InChI is InChI=1S/C24H25ClN2O2/c1-17(21-10-6-7-11-22(21)25)26-16-23(28)27-24(18-8-4-3-5-9-18)19-12-14-20(29-2)15-13-19/h3-15,17,24,26H,16H2,1-2H3,(H,27,28)/t17-,24+/m0/s1. The first-order valence-electron chi connectivity index (χ1n) is 9.54. The van der Waals surface area contributed by atoms with Gasteiger partial charge in [-0.3, -0.25) is 4.79 Å². The molecule has 3 rings (SSSR count). The minimum absolute atomic E-state index is 0.0365. The summed E-state index contributed by atoms with van der Waals surface area (Å²) in [5.41, 5.74) is 2.98. The lowest BCUT2D eigenvalue weighted by Crippen LogP contribution is -2.37. The zero-order valence-electron chi connectivity index (χ0n) is 16.6. The third kappa shape index (κ3) is 5.59. The van der Waals surface area contributed by atoms with Gasteiger partial charge in [-0.15, -0.1) is 0 Å². The molecule has 0 saturated heterocycles. The summed E-state index contributed by atoms with van der Waals surface area (Å²) in [5.74, 6) is 0.690. The summed E-state index contributed by atoms with van der Waals surface area (Å²) in [6, 6.07) is 25.0. The summed E-state index contributed by atoms with van der Waals surface area (Å²) in [5, 5.41) is 7.07. The lowest BCUT2D eigenvalue weighted by atomic mass is 9.98. The number of carbonyl (C=O) groups excluding carboxylic acids is 1. The minimum Gasteiger partial charge on any atom is -0.497 e. The maximum absolute atomic E-state index is 12.7. The predicted molar refractivity (Wildman–Crippen MR) is 117 cm³/mol. The fourth-order valence-electron chi connectivity index (χ4n) is 3.19. The van der Waals surface area contributed by atoms with E-state index < -0.39 is 0 Å². The van der Waals surface area contributed by atoms with Crippen molar-refractivity contribution >= 4 is 17.5 Å². The van der Waals surface area contributed by atoms with Crippen molar-refractivity contribution in [2.45, 2.75) is 19.0 Å². The molecule has 2 N–H and O–H groups in total. The van der Waals surface area contributed by atoms with Crippen molar-refractivity contribution < 1.29 is 9.53 Å². The average molecular weight is 409 g/mol. The van der Waals surface area contributed by atoms with E-state index in [0.29, 0.717) is 5.02 Å². The van der Waals surface area contributed by atoms with E-state index >= 15 is 0 Å². The molecule has 0 spiro atoms. The Kier molecular flexibility index (Phi) is 7.28. The largest absolute Gasteiger partial charge is 0.497 e. The van der Waals surface area contributed by atoms with E-state index in [1.165, 1.54) is 0 Å². The fourth-order valence-corrected chi connectivity index (χ4v) is 3.49. The molecule has 5 heteroatoms. The maximum Gasteiger partial charge on any atom is 0.234 e. The van der Waals surface area contributed by atoms with E-state index in [1.807, 2.05) is 85.8 Å². The number of carbonyl (C=O) groups is 1. The van der Waals surface area contributed by atoms with E-state index in [2.05, 4.69) is 10.6 Å². The van der Waals surface area contributed by atoms with Gasteiger partial charge in [0.2, 0.25) is 5.91 Å². The number of amides is 1. The van der Waals surface area contributed by atoms with Gasteiger partial charge in [0.15, 0.2) is 0 Å². The van der Waals surface area contributed by atoms with Gasteiger partial charge in [0, 0.05) is 11.1 Å². The average Bonchev–Trinajstić information content (AvgIpc) is 2.77. The first kappa shape index (κ1) is 20.9. The Morgan fingerprint density at radius 3 is 2.21 bits per heavy atom. The molecular formula is C24H25ClN2O2. The van der Waals surface area contributed by atoms with Crippen LogP contribution in [0.25, 0.3) is 0 Å². The van der Waals surface area contributed by atoms with Gasteiger partial charge in [0.25, 0.3) is 0 Å². The van der Waals surface area contributed by atoms with Crippen LogP contribution in [0.5, 0.6) is 5.75 Å². The third-order valence-electron chi connectivity index (χ3n) is 4.83. The molecular weight excluding hydrogens is 384 g/mol. The van der Waals surface area contributed by atoms with Crippen LogP contribution >= 0.6 is 11.6 Å². The highest BCUT2D eigenvalue weighted by atomic mass is 35.5. The van der Waals surface area contributed by atoms with E-state index in [9.17, 15) is 4.79 Å². The van der Waals surface area contributed by atoms with Gasteiger partial charge in [-0.05, 0) is 41.8 Å². The molecule has 0 saturated carbocycles. The van der Waals surface area contributed by atoms with Crippen LogP contribution in [-0.2, 0) is 4.79 Å². The number of ether oxygens (including phenoxy) is 1. The van der Waals surface area contributed by atoms with Crippen LogP contribution in [0.15, 0.2) is 78.9 Å². The number of methoxy groups -OCH3 is 1. The topological polar surface area (TPSA) is 50.4 Å². The Bertz CT molecular complexity index is 929. The summed E-state index contributed by atoms with van der Waals surface area (Å²) in [7, 11) is 1.64. The van der Waals surface area contributed by atoms with Crippen molar-refractivity contribution in [3.8, 4) is 5.75 Å². The molecule has 0 bridgehead atoms. The van der Waals surface area contributed by atoms with Crippen molar-refractivity contribution in [2.24, 2.45) is 0 Å². The molecule has 0 unspecified atom stereocenters. The number of hydrogen-bond donors (Lipinski definition) is 2. The van der Waals surface area contributed by atoms with Gasteiger partial charge in [0.05, 0.1) is 19.7 Å². The Morgan fingerprint density at radius 2 is 1.55 bits per heavy atom. The quantitative estimate of drug-likeness (QED) is 0.557. The molecule has 150 valence electrons. The first-order valence-corrected chi connectivity index (χ1v) is 9.92. The van der Waals surface area contributed by atoms with Crippen LogP contribution < -0.4 is 15.4 Å². The van der Waals surface area contributed by atoms with Crippen LogP contribution in [0, 0.1) is 0 Å². The number of rotatable bonds is 8. The zero-order valence-corrected chi connectivity index (χ0v) is 17.3. The monoisotopic (exact) mass is 408 g/mol. The fraction of sp³-hybridized carbons (Fsp3) is 0.208. The highest BCUT2D eigenvalue weighted by Gasteiger charge is 2.18. The highest BCUT2D eigenvalue weighted by molar-refractivity contribution is 6.31. The first-order chi connectivity index (χ1) is 14.1.